The summed E-state index contributed by atoms with van der Waals surface area (Å²) >= 11 is 1.84. The van der Waals surface area contributed by atoms with Crippen LogP contribution in [0.15, 0.2) is 22.5 Å². The minimum atomic E-state index is 0.896. The molecule has 0 radical (unpaired) electrons. The summed E-state index contributed by atoms with van der Waals surface area (Å²) in [5.41, 5.74) is 0. The van der Waals surface area contributed by atoms with Gasteiger partial charge in [-0.1, -0.05) is 6.07 Å². The van der Waals surface area contributed by atoms with Crippen LogP contribution < -0.4 is 5.32 Å². The van der Waals surface area contributed by atoms with Crippen LogP contribution in [0.5, 0.6) is 0 Å². The van der Waals surface area contributed by atoms with Crippen molar-refractivity contribution in [3.05, 3.63) is 22.4 Å². The Morgan fingerprint density at radius 2 is 2.10 bits per heavy atom. The van der Waals surface area contributed by atoms with Gasteiger partial charge in [-0.25, -0.2) is 0 Å². The third kappa shape index (κ3) is 4.22. The maximum Gasteiger partial charge on any atom is 0.193 e. The molecule has 0 amide bonds. The molecule has 4 heteroatoms. The van der Waals surface area contributed by atoms with Crippen LogP contribution in [-0.4, -0.2) is 38.0 Å². The number of likely N-dealkylation sites (N-methyl/N-ethyl adjacent to an activating group) is 1. The summed E-state index contributed by atoms with van der Waals surface area (Å²) < 4.78 is 0. The molecule has 2 fully saturated rings. The normalized spacial score (nSPS) is 19.1. The topological polar surface area (TPSA) is 27.6 Å². The van der Waals surface area contributed by atoms with Gasteiger partial charge in [0.15, 0.2) is 5.96 Å². The Morgan fingerprint density at radius 1 is 1.38 bits per heavy atom. The van der Waals surface area contributed by atoms with E-state index in [1.54, 1.807) is 0 Å². The van der Waals surface area contributed by atoms with Gasteiger partial charge >= 0.3 is 0 Å². The zero-order valence-electron chi connectivity index (χ0n) is 13.2. The molecule has 2 aliphatic carbocycles. The van der Waals surface area contributed by atoms with Crippen LogP contribution in [0.4, 0.5) is 0 Å². The third-order valence-electron chi connectivity index (χ3n) is 4.80. The van der Waals surface area contributed by atoms with E-state index in [0.717, 1.165) is 43.2 Å². The summed E-state index contributed by atoms with van der Waals surface area (Å²) in [6, 6.07) is 4.34. The van der Waals surface area contributed by atoms with Crippen LogP contribution >= 0.6 is 11.3 Å². The molecule has 1 aromatic heterocycles. The lowest BCUT2D eigenvalue weighted by Crippen LogP contribution is -2.42. The highest BCUT2D eigenvalue weighted by Crippen LogP contribution is 2.48. The van der Waals surface area contributed by atoms with Crippen LogP contribution in [0.1, 0.15) is 30.6 Å². The summed E-state index contributed by atoms with van der Waals surface area (Å²) in [7, 11) is 4.04. The second kappa shape index (κ2) is 6.82. The van der Waals surface area contributed by atoms with Crippen molar-refractivity contribution >= 4 is 17.3 Å². The average Bonchev–Trinajstić information content (AvgIpc) is 3.42. The first-order valence-corrected chi connectivity index (χ1v) is 9.10. The molecule has 2 saturated carbocycles. The van der Waals surface area contributed by atoms with E-state index in [1.807, 2.05) is 18.4 Å². The number of rotatable bonds is 7. The van der Waals surface area contributed by atoms with E-state index in [0.29, 0.717) is 0 Å². The zero-order valence-corrected chi connectivity index (χ0v) is 14.0. The van der Waals surface area contributed by atoms with Gasteiger partial charge in [-0.15, -0.1) is 11.3 Å². The molecule has 3 rings (SSSR count). The molecule has 1 N–H and O–H groups in total. The first kappa shape index (κ1) is 14.9. The fourth-order valence-corrected chi connectivity index (χ4v) is 3.90. The highest BCUT2D eigenvalue weighted by atomic mass is 32.1. The number of guanidine groups is 1. The van der Waals surface area contributed by atoms with Crippen LogP contribution in [0.3, 0.4) is 0 Å². The lowest BCUT2D eigenvalue weighted by atomic mass is 9.98. The highest BCUT2D eigenvalue weighted by molar-refractivity contribution is 7.09. The quantitative estimate of drug-likeness (QED) is 0.618. The monoisotopic (exact) mass is 305 g/mol. The first-order valence-electron chi connectivity index (χ1n) is 8.22. The summed E-state index contributed by atoms with van der Waals surface area (Å²) in [5, 5.41) is 5.77. The second-order valence-electron chi connectivity index (χ2n) is 6.52. The molecule has 0 unspecified atom stereocenters. The van der Waals surface area contributed by atoms with Gasteiger partial charge in [-0.05, 0) is 61.3 Å². The van der Waals surface area contributed by atoms with Crippen molar-refractivity contribution in [3.63, 3.8) is 0 Å². The zero-order chi connectivity index (χ0) is 14.7. The molecule has 116 valence electrons. The Bertz CT molecular complexity index is 448. The molecule has 0 saturated heterocycles. The molecule has 3 nitrogen and oxygen atoms in total. The lowest BCUT2D eigenvalue weighted by Gasteiger charge is -2.24. The molecule has 0 aromatic carbocycles. The van der Waals surface area contributed by atoms with Gasteiger partial charge in [0.1, 0.15) is 0 Å². The number of aliphatic imine (C=N–C) groups is 1. The molecular formula is C17H27N3S. The number of thiophene rings is 1. The highest BCUT2D eigenvalue weighted by Gasteiger charge is 2.41. The molecule has 0 spiro atoms. The number of hydrogen-bond acceptors (Lipinski definition) is 2. The number of nitrogens with one attached hydrogen (secondary N) is 1. The number of hydrogen-bond donors (Lipinski definition) is 1. The summed E-state index contributed by atoms with van der Waals surface area (Å²) in [6.45, 7) is 2.14. The SMILES string of the molecule is CN=C(NCC(C1CC1)C1CC1)N(C)CCc1cccs1. The van der Waals surface area contributed by atoms with E-state index < -0.39 is 0 Å². The average molecular weight is 305 g/mol. The first-order chi connectivity index (χ1) is 10.3. The van der Waals surface area contributed by atoms with Gasteiger partial charge in [0, 0.05) is 32.1 Å². The fourth-order valence-electron chi connectivity index (χ4n) is 3.20. The molecule has 0 atom stereocenters. The Labute approximate surface area is 132 Å². The van der Waals surface area contributed by atoms with Crippen molar-refractivity contribution in [1.29, 1.82) is 0 Å². The molecule has 2 aliphatic rings. The van der Waals surface area contributed by atoms with Crippen molar-refractivity contribution < 1.29 is 0 Å². The molecule has 0 aliphatic heterocycles. The van der Waals surface area contributed by atoms with Gasteiger partial charge in [0.2, 0.25) is 0 Å². The van der Waals surface area contributed by atoms with E-state index in [1.165, 1.54) is 30.6 Å². The van der Waals surface area contributed by atoms with Crippen LogP contribution in [-0.2, 0) is 6.42 Å². The lowest BCUT2D eigenvalue weighted by molar-refractivity contribution is 0.389. The largest absolute Gasteiger partial charge is 0.356 e. The Morgan fingerprint density at radius 3 is 2.62 bits per heavy atom. The minimum absolute atomic E-state index is 0.896. The van der Waals surface area contributed by atoms with E-state index in [4.69, 9.17) is 0 Å². The third-order valence-corrected chi connectivity index (χ3v) is 5.73. The Balaban J connectivity index is 1.45. The standard InChI is InChI=1S/C17H27N3S/c1-18-17(20(2)10-9-15-4-3-11-21-15)19-12-16(13-5-6-13)14-7-8-14/h3-4,11,13-14,16H,5-10,12H2,1-2H3,(H,18,19). The fraction of sp³-hybridized carbons (Fsp3) is 0.706. The van der Waals surface area contributed by atoms with Crippen LogP contribution in [0.2, 0.25) is 0 Å². The van der Waals surface area contributed by atoms with Gasteiger partial charge in [0.05, 0.1) is 0 Å². The molecule has 1 heterocycles. The summed E-state index contributed by atoms with van der Waals surface area (Å²) in [6.07, 6.45) is 6.92. The predicted molar refractivity (Wildman–Crippen MR) is 91.0 cm³/mol. The predicted octanol–water partition coefficient (Wildman–Crippen LogP) is 3.23. The van der Waals surface area contributed by atoms with Gasteiger partial charge in [0.25, 0.3) is 0 Å². The molecule has 1 aromatic rings. The van der Waals surface area contributed by atoms with Gasteiger partial charge < -0.3 is 10.2 Å². The summed E-state index contributed by atoms with van der Waals surface area (Å²) in [4.78, 5) is 8.16. The second-order valence-corrected chi connectivity index (χ2v) is 7.55. The van der Waals surface area contributed by atoms with Gasteiger partial charge in [-0.2, -0.15) is 0 Å². The minimum Gasteiger partial charge on any atom is -0.356 e. The van der Waals surface area contributed by atoms with E-state index in [-0.39, 0.29) is 0 Å². The Hall–Kier alpha value is -1.03. The van der Waals surface area contributed by atoms with E-state index in [2.05, 4.69) is 39.8 Å². The van der Waals surface area contributed by atoms with Crippen LogP contribution in [0, 0.1) is 17.8 Å². The van der Waals surface area contributed by atoms with Crippen molar-refractivity contribution in [1.82, 2.24) is 10.2 Å². The smallest absolute Gasteiger partial charge is 0.193 e. The van der Waals surface area contributed by atoms with Crippen molar-refractivity contribution in [3.8, 4) is 0 Å². The van der Waals surface area contributed by atoms with Crippen molar-refractivity contribution in [2.45, 2.75) is 32.1 Å². The van der Waals surface area contributed by atoms with Crippen molar-refractivity contribution in [2.75, 3.05) is 27.2 Å². The number of nitrogens with zero attached hydrogens (tertiary/aromatic N) is 2. The molecule has 0 bridgehead atoms. The maximum absolute atomic E-state index is 4.45. The van der Waals surface area contributed by atoms with Crippen LogP contribution in [0.25, 0.3) is 0 Å². The summed E-state index contributed by atoms with van der Waals surface area (Å²) in [5.74, 6) is 3.95. The maximum atomic E-state index is 4.45. The van der Waals surface area contributed by atoms with Gasteiger partial charge in [-0.3, -0.25) is 4.99 Å². The Kier molecular flexibility index (Phi) is 4.84. The van der Waals surface area contributed by atoms with E-state index >= 15 is 0 Å². The van der Waals surface area contributed by atoms with E-state index in [9.17, 15) is 0 Å². The molecular weight excluding hydrogens is 278 g/mol. The molecule has 21 heavy (non-hydrogen) atoms. The van der Waals surface area contributed by atoms with Crippen molar-refractivity contribution in [2.24, 2.45) is 22.7 Å².